The molecular formula is C29H40N4O7S. The van der Waals surface area contributed by atoms with E-state index in [4.69, 9.17) is 9.47 Å². The molecule has 0 aromatic heterocycles. The number of benzene rings is 2. The van der Waals surface area contributed by atoms with Gasteiger partial charge in [0.25, 0.3) is 0 Å². The van der Waals surface area contributed by atoms with Crippen LogP contribution in [0, 0.1) is 5.92 Å². The zero-order valence-electron chi connectivity index (χ0n) is 23.7. The quantitative estimate of drug-likeness (QED) is 0.275. The average molecular weight is 589 g/mol. The van der Waals surface area contributed by atoms with E-state index in [1.165, 1.54) is 16.4 Å². The number of hydrogen-bond acceptors (Lipinski definition) is 8. The van der Waals surface area contributed by atoms with Gasteiger partial charge in [0.1, 0.15) is 6.04 Å². The Morgan fingerprint density at radius 3 is 2.46 bits per heavy atom. The van der Waals surface area contributed by atoms with Gasteiger partial charge in [0.15, 0.2) is 11.5 Å². The Balaban J connectivity index is 1.52. The summed E-state index contributed by atoms with van der Waals surface area (Å²) in [7, 11) is -4.03. The van der Waals surface area contributed by atoms with E-state index in [0.717, 1.165) is 18.5 Å². The third-order valence-corrected chi connectivity index (χ3v) is 8.99. The number of fused-ring (bicyclic) bond motifs is 1. The van der Waals surface area contributed by atoms with Crippen LogP contribution in [0.5, 0.6) is 11.5 Å². The molecule has 4 N–H and O–H groups in total. The van der Waals surface area contributed by atoms with Crippen LogP contribution in [-0.2, 0) is 26.0 Å². The highest BCUT2D eigenvalue weighted by Crippen LogP contribution is 2.34. The molecule has 0 spiro atoms. The largest absolute Gasteiger partial charge is 0.454 e. The molecule has 2 aromatic rings. The summed E-state index contributed by atoms with van der Waals surface area (Å²) < 4.78 is 39.4. The maximum Gasteiger partial charge on any atom is 0.243 e. The van der Waals surface area contributed by atoms with Gasteiger partial charge in [-0.1, -0.05) is 44.2 Å². The molecule has 224 valence electrons. The molecule has 41 heavy (non-hydrogen) atoms. The monoisotopic (exact) mass is 588 g/mol. The molecule has 0 radical (unpaired) electrons. The summed E-state index contributed by atoms with van der Waals surface area (Å²) in [6.07, 6.45) is 0.615. The number of amides is 2. The number of rotatable bonds is 13. The van der Waals surface area contributed by atoms with Gasteiger partial charge in [-0.05, 0) is 56.3 Å². The lowest BCUT2D eigenvalue weighted by Crippen LogP contribution is -2.56. The zero-order valence-corrected chi connectivity index (χ0v) is 24.5. The van der Waals surface area contributed by atoms with Crippen molar-refractivity contribution in [2.45, 2.75) is 69.2 Å². The van der Waals surface area contributed by atoms with E-state index >= 15 is 0 Å². The normalized spacial score (nSPS) is 18.7. The summed E-state index contributed by atoms with van der Waals surface area (Å²) in [5.41, 5.74) is 0.859. The predicted molar refractivity (Wildman–Crippen MR) is 153 cm³/mol. The predicted octanol–water partition coefficient (Wildman–Crippen LogP) is 1.41. The fraction of sp³-hybridized carbons (Fsp3) is 0.517. The van der Waals surface area contributed by atoms with Crippen LogP contribution < -0.4 is 25.4 Å². The molecule has 11 nitrogen and oxygen atoms in total. The van der Waals surface area contributed by atoms with Crippen LogP contribution in [0.4, 0.5) is 0 Å². The molecule has 1 fully saturated rings. The Hall–Kier alpha value is -3.19. The molecule has 2 aliphatic rings. The standard InChI is InChI=1S/C29H40N4O7S/c1-19(2)16-33(41(37,38)22-11-12-26-27(15-22)40-18-39-26)17-25(34)24(14-21-8-5-4-6-9-21)32-28(35)20(3)31-29(36)23-10-7-13-30-23/h4-6,8-9,11-12,15,19-20,23-25,30,34H,7,10,13-14,16-18H2,1-3H3,(H,31,36)(H,32,35)/t20-,23-,24-,25+/m0/s1. The minimum atomic E-state index is -4.03. The first kappa shape index (κ1) is 30.8. The van der Waals surface area contributed by atoms with Crippen LogP contribution in [0.1, 0.15) is 39.2 Å². The third kappa shape index (κ3) is 7.97. The Morgan fingerprint density at radius 2 is 1.78 bits per heavy atom. The average Bonchev–Trinajstić information content (AvgIpc) is 3.64. The van der Waals surface area contributed by atoms with E-state index in [-0.39, 0.29) is 49.1 Å². The number of ether oxygens (including phenoxy) is 2. The highest BCUT2D eigenvalue weighted by molar-refractivity contribution is 7.89. The molecule has 0 bridgehead atoms. The zero-order chi connectivity index (χ0) is 29.6. The summed E-state index contributed by atoms with van der Waals surface area (Å²) in [5.74, 6) is 0.0605. The molecule has 2 heterocycles. The Labute approximate surface area is 241 Å². The minimum Gasteiger partial charge on any atom is -0.454 e. The van der Waals surface area contributed by atoms with Gasteiger partial charge in [-0.3, -0.25) is 9.59 Å². The second kappa shape index (κ2) is 13.6. The summed E-state index contributed by atoms with van der Waals surface area (Å²) in [5, 5.41) is 20.2. The number of aliphatic hydroxyl groups is 1. The van der Waals surface area contributed by atoms with Crippen LogP contribution in [-0.4, -0.2) is 80.3 Å². The molecule has 4 atom stereocenters. The van der Waals surface area contributed by atoms with Crippen molar-refractivity contribution in [1.29, 1.82) is 0 Å². The highest BCUT2D eigenvalue weighted by Gasteiger charge is 2.33. The fourth-order valence-corrected chi connectivity index (χ4v) is 6.58. The maximum absolute atomic E-state index is 13.7. The van der Waals surface area contributed by atoms with Crippen LogP contribution in [0.2, 0.25) is 0 Å². The van der Waals surface area contributed by atoms with Crippen molar-refractivity contribution in [3.05, 3.63) is 54.1 Å². The molecular weight excluding hydrogens is 548 g/mol. The van der Waals surface area contributed by atoms with Crippen molar-refractivity contribution >= 4 is 21.8 Å². The van der Waals surface area contributed by atoms with E-state index in [2.05, 4.69) is 16.0 Å². The van der Waals surface area contributed by atoms with Crippen molar-refractivity contribution in [3.63, 3.8) is 0 Å². The van der Waals surface area contributed by atoms with E-state index in [1.54, 1.807) is 13.0 Å². The Bertz CT molecular complexity index is 1300. The maximum atomic E-state index is 13.7. The van der Waals surface area contributed by atoms with Gasteiger partial charge in [-0.2, -0.15) is 4.31 Å². The van der Waals surface area contributed by atoms with Crippen molar-refractivity contribution in [2.75, 3.05) is 26.4 Å². The molecule has 2 aromatic carbocycles. The van der Waals surface area contributed by atoms with E-state index in [9.17, 15) is 23.1 Å². The van der Waals surface area contributed by atoms with Gasteiger partial charge in [0, 0.05) is 19.2 Å². The summed E-state index contributed by atoms with van der Waals surface area (Å²) in [6, 6.07) is 11.7. The molecule has 4 rings (SSSR count). The molecule has 1 saturated heterocycles. The second-order valence-electron chi connectivity index (χ2n) is 11.0. The van der Waals surface area contributed by atoms with Crippen molar-refractivity contribution in [2.24, 2.45) is 5.92 Å². The lowest BCUT2D eigenvalue weighted by molar-refractivity contribution is -0.130. The van der Waals surface area contributed by atoms with E-state index < -0.39 is 34.1 Å². The van der Waals surface area contributed by atoms with Gasteiger partial charge in [-0.25, -0.2) is 8.42 Å². The summed E-state index contributed by atoms with van der Waals surface area (Å²) in [6.45, 7) is 6.04. The summed E-state index contributed by atoms with van der Waals surface area (Å²) in [4.78, 5) is 25.7. The number of nitrogens with zero attached hydrogens (tertiary/aromatic N) is 1. The van der Waals surface area contributed by atoms with Crippen LogP contribution in [0.15, 0.2) is 53.4 Å². The molecule has 2 aliphatic heterocycles. The summed E-state index contributed by atoms with van der Waals surface area (Å²) >= 11 is 0. The lowest BCUT2D eigenvalue weighted by Gasteiger charge is -2.31. The fourth-order valence-electron chi connectivity index (χ4n) is 4.95. The van der Waals surface area contributed by atoms with Crippen LogP contribution in [0.25, 0.3) is 0 Å². The lowest BCUT2D eigenvalue weighted by atomic mass is 10.0. The topological polar surface area (TPSA) is 146 Å². The van der Waals surface area contributed by atoms with Crippen molar-refractivity contribution in [3.8, 4) is 11.5 Å². The van der Waals surface area contributed by atoms with Gasteiger partial charge in [-0.15, -0.1) is 0 Å². The first-order valence-corrected chi connectivity index (χ1v) is 15.4. The van der Waals surface area contributed by atoms with E-state index in [1.807, 2.05) is 44.2 Å². The molecule has 0 aliphatic carbocycles. The smallest absolute Gasteiger partial charge is 0.243 e. The van der Waals surface area contributed by atoms with Gasteiger partial charge in [0.2, 0.25) is 28.6 Å². The van der Waals surface area contributed by atoms with Crippen molar-refractivity contribution < 1.29 is 32.6 Å². The van der Waals surface area contributed by atoms with Crippen LogP contribution >= 0.6 is 0 Å². The molecule has 0 unspecified atom stereocenters. The van der Waals surface area contributed by atoms with Gasteiger partial charge in [0.05, 0.1) is 23.1 Å². The molecule has 0 saturated carbocycles. The second-order valence-corrected chi connectivity index (χ2v) is 12.9. The SMILES string of the molecule is CC(C)CN(C[C@@H](O)[C@H](Cc1ccccc1)NC(=O)[C@H](C)NC(=O)[C@@H]1CCCN1)S(=O)(=O)c1ccc2c(c1)OCO2. The van der Waals surface area contributed by atoms with Crippen molar-refractivity contribution in [1.82, 2.24) is 20.3 Å². The Morgan fingerprint density at radius 1 is 1.05 bits per heavy atom. The van der Waals surface area contributed by atoms with Gasteiger partial charge < -0.3 is 30.5 Å². The molecule has 12 heteroatoms. The first-order chi connectivity index (χ1) is 19.5. The third-order valence-electron chi connectivity index (χ3n) is 7.16. The number of carbonyl (C=O) groups is 2. The number of hydrogen-bond donors (Lipinski definition) is 4. The number of carbonyl (C=O) groups excluding carboxylic acids is 2. The number of nitrogens with one attached hydrogen (secondary N) is 3. The number of sulfonamides is 1. The van der Waals surface area contributed by atoms with E-state index in [0.29, 0.717) is 17.9 Å². The van der Waals surface area contributed by atoms with Crippen LogP contribution in [0.3, 0.4) is 0 Å². The Kier molecular flexibility index (Phi) is 10.2. The highest BCUT2D eigenvalue weighted by atomic mass is 32.2. The molecule has 2 amide bonds. The minimum absolute atomic E-state index is 0.0180. The number of aliphatic hydroxyl groups excluding tert-OH is 1. The van der Waals surface area contributed by atoms with Gasteiger partial charge >= 0.3 is 0 Å². The first-order valence-electron chi connectivity index (χ1n) is 14.0.